The van der Waals surface area contributed by atoms with Crippen molar-refractivity contribution >= 4 is 34.1 Å². The number of rotatable bonds is 7. The molecule has 0 aliphatic heterocycles. The van der Waals surface area contributed by atoms with Crippen molar-refractivity contribution in [3.05, 3.63) is 101 Å². The Hall–Kier alpha value is -4.32. The van der Waals surface area contributed by atoms with Gasteiger partial charge in [-0.15, -0.1) is 0 Å². The van der Waals surface area contributed by atoms with Crippen molar-refractivity contribution in [3.8, 4) is 5.75 Å². The molecular formula is C29H27NO5. The molecule has 0 amide bonds. The van der Waals surface area contributed by atoms with Gasteiger partial charge >= 0.3 is 11.9 Å². The standard InChI is InChI=1S/C29H27NO5/c1-18-15-19(13-14-25(18)33-2)16-21-10-6-8-12-24(21)30-27-22-11-7-5-9-20(22)17-23(28(31)34-3)26(27)29(32)35-4/h5-15,17,30H,16H2,1-4H3. The van der Waals surface area contributed by atoms with E-state index >= 15 is 0 Å². The molecule has 0 saturated heterocycles. The number of hydrogen-bond acceptors (Lipinski definition) is 6. The Morgan fingerprint density at radius 3 is 2.26 bits per heavy atom. The van der Waals surface area contributed by atoms with E-state index < -0.39 is 11.9 Å². The monoisotopic (exact) mass is 469 g/mol. The molecule has 0 bridgehead atoms. The number of benzene rings is 4. The van der Waals surface area contributed by atoms with Crippen molar-refractivity contribution in [2.24, 2.45) is 0 Å². The first-order valence-electron chi connectivity index (χ1n) is 11.2. The molecule has 0 atom stereocenters. The second-order valence-corrected chi connectivity index (χ2v) is 8.14. The fourth-order valence-electron chi connectivity index (χ4n) is 4.26. The predicted molar refractivity (Wildman–Crippen MR) is 137 cm³/mol. The zero-order valence-electron chi connectivity index (χ0n) is 20.2. The smallest absolute Gasteiger partial charge is 0.340 e. The Kier molecular flexibility index (Phi) is 7.01. The molecule has 0 radical (unpaired) electrons. The molecule has 0 aliphatic carbocycles. The molecule has 0 aliphatic rings. The van der Waals surface area contributed by atoms with Crippen molar-refractivity contribution < 1.29 is 23.8 Å². The van der Waals surface area contributed by atoms with Crippen LogP contribution in [0.1, 0.15) is 37.4 Å². The molecule has 0 spiro atoms. The predicted octanol–water partition coefficient (Wildman–Crippen LogP) is 6.06. The van der Waals surface area contributed by atoms with Gasteiger partial charge in [-0.05, 0) is 53.6 Å². The van der Waals surface area contributed by atoms with Crippen LogP contribution in [0.3, 0.4) is 0 Å². The third kappa shape index (κ3) is 4.82. The lowest BCUT2D eigenvalue weighted by Gasteiger charge is -2.19. The van der Waals surface area contributed by atoms with Crippen LogP contribution in [0.2, 0.25) is 0 Å². The quantitative estimate of drug-likeness (QED) is 0.332. The van der Waals surface area contributed by atoms with Crippen molar-refractivity contribution in [3.63, 3.8) is 0 Å². The minimum absolute atomic E-state index is 0.133. The van der Waals surface area contributed by atoms with Crippen molar-refractivity contribution in [1.82, 2.24) is 0 Å². The van der Waals surface area contributed by atoms with Crippen LogP contribution in [0, 0.1) is 6.92 Å². The number of aryl methyl sites for hydroxylation is 1. The third-order valence-electron chi connectivity index (χ3n) is 5.97. The summed E-state index contributed by atoms with van der Waals surface area (Å²) in [6.45, 7) is 2.01. The fraction of sp³-hybridized carbons (Fsp3) is 0.172. The van der Waals surface area contributed by atoms with E-state index in [2.05, 4.69) is 11.4 Å². The van der Waals surface area contributed by atoms with E-state index in [9.17, 15) is 9.59 Å². The van der Waals surface area contributed by atoms with Crippen LogP contribution in [-0.2, 0) is 15.9 Å². The molecule has 1 N–H and O–H groups in total. The Labute approximate surface area is 204 Å². The number of para-hydroxylation sites is 1. The van der Waals surface area contributed by atoms with Crippen molar-refractivity contribution in [2.45, 2.75) is 13.3 Å². The lowest BCUT2D eigenvalue weighted by atomic mass is 9.96. The first kappa shape index (κ1) is 23.8. The molecule has 0 unspecified atom stereocenters. The lowest BCUT2D eigenvalue weighted by Crippen LogP contribution is -2.15. The SMILES string of the molecule is COC(=O)c1cc2ccccc2c(Nc2ccccc2Cc2ccc(OC)c(C)c2)c1C(=O)OC. The van der Waals surface area contributed by atoms with E-state index in [0.29, 0.717) is 12.1 Å². The molecule has 35 heavy (non-hydrogen) atoms. The first-order valence-corrected chi connectivity index (χ1v) is 11.2. The van der Waals surface area contributed by atoms with E-state index in [4.69, 9.17) is 14.2 Å². The summed E-state index contributed by atoms with van der Waals surface area (Å²) in [5, 5.41) is 5.03. The van der Waals surface area contributed by atoms with Gasteiger partial charge in [0.2, 0.25) is 0 Å². The Morgan fingerprint density at radius 1 is 0.829 bits per heavy atom. The summed E-state index contributed by atoms with van der Waals surface area (Å²) >= 11 is 0. The van der Waals surface area contributed by atoms with Gasteiger partial charge in [-0.2, -0.15) is 0 Å². The molecule has 0 aromatic heterocycles. The number of esters is 2. The van der Waals surface area contributed by atoms with Gasteiger partial charge in [0.1, 0.15) is 5.75 Å². The third-order valence-corrected chi connectivity index (χ3v) is 5.97. The molecule has 4 aromatic rings. The van der Waals surface area contributed by atoms with Gasteiger partial charge in [0.25, 0.3) is 0 Å². The van der Waals surface area contributed by atoms with Crippen LogP contribution >= 0.6 is 0 Å². The number of fused-ring (bicyclic) bond motifs is 1. The number of nitrogens with one attached hydrogen (secondary N) is 1. The molecule has 6 heteroatoms. The summed E-state index contributed by atoms with van der Waals surface area (Å²) in [4.78, 5) is 25.5. The lowest BCUT2D eigenvalue weighted by molar-refractivity contribution is 0.0556. The molecule has 0 heterocycles. The van der Waals surface area contributed by atoms with E-state index in [1.807, 2.05) is 67.6 Å². The summed E-state index contributed by atoms with van der Waals surface area (Å²) in [5.41, 5.74) is 4.79. The number of hydrogen-bond donors (Lipinski definition) is 1. The van der Waals surface area contributed by atoms with Gasteiger partial charge in [-0.25, -0.2) is 9.59 Å². The Bertz CT molecular complexity index is 1410. The Balaban J connectivity index is 1.85. The minimum Gasteiger partial charge on any atom is -0.496 e. The highest BCUT2D eigenvalue weighted by molar-refractivity contribution is 6.15. The summed E-state index contributed by atoms with van der Waals surface area (Å²) < 4.78 is 15.4. The zero-order valence-corrected chi connectivity index (χ0v) is 20.2. The molecule has 4 rings (SSSR count). The van der Waals surface area contributed by atoms with E-state index in [-0.39, 0.29) is 11.1 Å². The van der Waals surface area contributed by atoms with Gasteiger partial charge in [-0.3, -0.25) is 0 Å². The van der Waals surface area contributed by atoms with E-state index in [0.717, 1.165) is 38.9 Å². The van der Waals surface area contributed by atoms with Crippen molar-refractivity contribution in [2.75, 3.05) is 26.6 Å². The molecular weight excluding hydrogens is 442 g/mol. The van der Waals surface area contributed by atoms with Crippen LogP contribution < -0.4 is 10.1 Å². The second kappa shape index (κ2) is 10.3. The van der Waals surface area contributed by atoms with Gasteiger partial charge in [0, 0.05) is 11.1 Å². The summed E-state index contributed by atoms with van der Waals surface area (Å²) in [6, 6.07) is 23.2. The van der Waals surface area contributed by atoms with Gasteiger partial charge < -0.3 is 19.5 Å². The second-order valence-electron chi connectivity index (χ2n) is 8.14. The van der Waals surface area contributed by atoms with E-state index in [1.165, 1.54) is 14.2 Å². The highest BCUT2D eigenvalue weighted by Gasteiger charge is 2.25. The highest BCUT2D eigenvalue weighted by Crippen LogP contribution is 2.35. The van der Waals surface area contributed by atoms with Crippen LogP contribution in [0.5, 0.6) is 5.75 Å². The van der Waals surface area contributed by atoms with Crippen LogP contribution in [0.25, 0.3) is 10.8 Å². The average molecular weight is 470 g/mol. The average Bonchev–Trinajstić information content (AvgIpc) is 2.88. The molecule has 0 fully saturated rings. The number of carbonyl (C=O) groups is 2. The molecule has 6 nitrogen and oxygen atoms in total. The van der Waals surface area contributed by atoms with Gasteiger partial charge in [0.05, 0.1) is 38.1 Å². The largest absolute Gasteiger partial charge is 0.496 e. The maximum atomic E-state index is 12.9. The normalized spacial score (nSPS) is 10.6. The number of ether oxygens (including phenoxy) is 3. The molecule has 0 saturated carbocycles. The topological polar surface area (TPSA) is 73.9 Å². The maximum absolute atomic E-state index is 12.9. The minimum atomic E-state index is -0.623. The maximum Gasteiger partial charge on any atom is 0.340 e. The van der Waals surface area contributed by atoms with Gasteiger partial charge in [0.15, 0.2) is 0 Å². The zero-order chi connectivity index (χ0) is 24.9. The van der Waals surface area contributed by atoms with E-state index in [1.54, 1.807) is 13.2 Å². The number of anilines is 2. The first-order chi connectivity index (χ1) is 17.0. The molecule has 178 valence electrons. The summed E-state index contributed by atoms with van der Waals surface area (Å²) in [7, 11) is 4.24. The Morgan fingerprint density at radius 2 is 1.54 bits per heavy atom. The van der Waals surface area contributed by atoms with Gasteiger partial charge in [-0.1, -0.05) is 54.6 Å². The van der Waals surface area contributed by atoms with Crippen LogP contribution in [0.15, 0.2) is 72.8 Å². The highest BCUT2D eigenvalue weighted by atomic mass is 16.5. The number of carbonyl (C=O) groups excluding carboxylic acids is 2. The fourth-order valence-corrected chi connectivity index (χ4v) is 4.26. The van der Waals surface area contributed by atoms with Crippen LogP contribution in [0.4, 0.5) is 11.4 Å². The number of methoxy groups -OCH3 is 3. The van der Waals surface area contributed by atoms with Crippen LogP contribution in [-0.4, -0.2) is 33.3 Å². The van der Waals surface area contributed by atoms with Crippen molar-refractivity contribution in [1.29, 1.82) is 0 Å². The summed E-state index contributed by atoms with van der Waals surface area (Å²) in [5.74, 6) is -0.392. The molecule has 4 aromatic carbocycles. The summed E-state index contributed by atoms with van der Waals surface area (Å²) in [6.07, 6.45) is 0.663.